The van der Waals surface area contributed by atoms with Crippen molar-refractivity contribution in [3.63, 3.8) is 0 Å². The molecular weight excluding hydrogens is 372 g/mol. The third-order valence-corrected chi connectivity index (χ3v) is 11.4. The van der Waals surface area contributed by atoms with Crippen molar-refractivity contribution >= 4 is 27.7 Å². The average molecular weight is 399 g/mol. The number of hydrogen-bond donors (Lipinski definition) is 0. The predicted octanol–water partition coefficient (Wildman–Crippen LogP) is 3.75. The van der Waals surface area contributed by atoms with Crippen molar-refractivity contribution in [2.24, 2.45) is 0 Å². The maximum atomic E-state index is 13.6. The van der Waals surface area contributed by atoms with Crippen LogP contribution in [0.4, 0.5) is 0 Å². The van der Waals surface area contributed by atoms with Crippen LogP contribution in [-0.4, -0.2) is 35.4 Å². The van der Waals surface area contributed by atoms with E-state index in [9.17, 15) is 16.8 Å². The fourth-order valence-electron chi connectivity index (χ4n) is 3.51. The van der Waals surface area contributed by atoms with Gasteiger partial charge in [-0.3, -0.25) is 0 Å². The zero-order valence-electron chi connectivity index (χ0n) is 15.0. The van der Waals surface area contributed by atoms with Gasteiger partial charge in [-0.15, -0.1) is 6.58 Å². The van der Waals surface area contributed by atoms with Crippen molar-refractivity contribution in [3.8, 4) is 0 Å². The van der Waals surface area contributed by atoms with E-state index in [-0.39, 0.29) is 10.6 Å². The van der Waals surface area contributed by atoms with Crippen LogP contribution in [0.2, 0.25) is 19.6 Å². The van der Waals surface area contributed by atoms with Gasteiger partial charge in [0.15, 0.2) is 19.7 Å². The second-order valence-electron chi connectivity index (χ2n) is 7.58. The van der Waals surface area contributed by atoms with E-state index in [4.69, 9.17) is 0 Å². The van der Waals surface area contributed by atoms with Crippen molar-refractivity contribution in [1.82, 2.24) is 0 Å². The molecule has 0 fully saturated rings. The molecule has 7 heteroatoms. The highest BCUT2D eigenvalue weighted by atomic mass is 32.2. The molecule has 0 aromatic heterocycles. The molecule has 1 atom stereocenters. The van der Waals surface area contributed by atoms with E-state index in [2.05, 4.69) is 6.58 Å². The molecule has 1 aliphatic heterocycles. The SMILES string of the molecule is C=CCCCC1(S(=O)(=O)c2ccccc2)CS(=O)(=O)C=C1[Si](C)(C)C. The standard InChI is InChI=1S/C18H26O4S2Si/c1-5-6-10-13-18(24(21,22)16-11-8-7-9-12-16)15-23(19,20)14-17(18)25(2,3)4/h5,7-9,11-12,14H,1,6,10,13,15H2,2-4H3. The molecule has 1 aromatic carbocycles. The number of rotatable bonds is 7. The van der Waals surface area contributed by atoms with Crippen LogP contribution in [0.25, 0.3) is 0 Å². The van der Waals surface area contributed by atoms with Crippen LogP contribution in [-0.2, 0) is 19.7 Å². The predicted molar refractivity (Wildman–Crippen MR) is 106 cm³/mol. The topological polar surface area (TPSA) is 68.3 Å². The Hall–Kier alpha value is -1.18. The quantitative estimate of drug-likeness (QED) is 0.398. The summed E-state index contributed by atoms with van der Waals surface area (Å²) in [5.74, 6) is -0.353. The molecule has 0 saturated heterocycles. The van der Waals surface area contributed by atoms with Crippen LogP contribution < -0.4 is 0 Å². The zero-order chi connectivity index (χ0) is 18.9. The summed E-state index contributed by atoms with van der Waals surface area (Å²) in [7, 11) is -9.55. The first-order valence-electron chi connectivity index (χ1n) is 8.32. The Morgan fingerprint density at radius 2 is 1.80 bits per heavy atom. The molecule has 25 heavy (non-hydrogen) atoms. The minimum atomic E-state index is -3.83. The summed E-state index contributed by atoms with van der Waals surface area (Å²) in [4.78, 5) is 0.190. The lowest BCUT2D eigenvalue weighted by molar-refractivity contribution is 0.534. The first-order valence-corrected chi connectivity index (χ1v) is 15.0. The van der Waals surface area contributed by atoms with E-state index in [0.29, 0.717) is 24.5 Å². The fraction of sp³-hybridized carbons (Fsp3) is 0.444. The molecule has 0 bridgehead atoms. The van der Waals surface area contributed by atoms with Crippen LogP contribution in [0.1, 0.15) is 19.3 Å². The van der Waals surface area contributed by atoms with Gasteiger partial charge in [0, 0.05) is 5.41 Å². The number of benzene rings is 1. The lowest BCUT2D eigenvalue weighted by atomic mass is 10.0. The van der Waals surface area contributed by atoms with Crippen molar-refractivity contribution in [1.29, 1.82) is 0 Å². The molecule has 0 N–H and O–H groups in total. The molecule has 1 aromatic rings. The van der Waals surface area contributed by atoms with Gasteiger partial charge in [0.1, 0.15) is 4.75 Å². The largest absolute Gasteiger partial charge is 0.224 e. The van der Waals surface area contributed by atoms with Crippen LogP contribution in [0.3, 0.4) is 0 Å². The summed E-state index contributed by atoms with van der Waals surface area (Å²) in [6, 6.07) is 8.20. The molecule has 2 rings (SSSR count). The van der Waals surface area contributed by atoms with Crippen LogP contribution >= 0.6 is 0 Å². The molecule has 0 spiro atoms. The molecule has 0 aliphatic carbocycles. The summed E-state index contributed by atoms with van der Waals surface area (Å²) in [5.41, 5.74) is 0. The maximum absolute atomic E-state index is 13.6. The van der Waals surface area contributed by atoms with E-state index < -0.39 is 32.5 Å². The number of unbranched alkanes of at least 4 members (excludes halogenated alkanes) is 1. The highest BCUT2D eigenvalue weighted by Gasteiger charge is 2.56. The summed E-state index contributed by atoms with van der Waals surface area (Å²) >= 11 is 0. The molecule has 4 nitrogen and oxygen atoms in total. The molecule has 1 aliphatic rings. The number of sulfone groups is 2. The van der Waals surface area contributed by atoms with Crippen molar-refractivity contribution < 1.29 is 16.8 Å². The second-order valence-corrected chi connectivity index (χ2v) is 16.7. The lowest BCUT2D eigenvalue weighted by Crippen LogP contribution is -2.49. The van der Waals surface area contributed by atoms with Crippen molar-refractivity contribution in [2.45, 2.75) is 48.5 Å². The van der Waals surface area contributed by atoms with E-state index in [1.54, 1.807) is 36.4 Å². The van der Waals surface area contributed by atoms with Gasteiger partial charge >= 0.3 is 0 Å². The van der Waals surface area contributed by atoms with Gasteiger partial charge in [0.2, 0.25) is 0 Å². The van der Waals surface area contributed by atoms with Gasteiger partial charge in [-0.05, 0) is 36.6 Å². The van der Waals surface area contributed by atoms with Crippen LogP contribution in [0.15, 0.2) is 58.5 Å². The summed E-state index contributed by atoms with van der Waals surface area (Å²) < 4.78 is 50.8. The summed E-state index contributed by atoms with van der Waals surface area (Å²) in [5, 5.41) is 1.88. The van der Waals surface area contributed by atoms with Gasteiger partial charge < -0.3 is 0 Å². The van der Waals surface area contributed by atoms with E-state index in [1.165, 1.54) is 5.41 Å². The van der Waals surface area contributed by atoms with E-state index in [0.717, 1.165) is 0 Å². The second kappa shape index (κ2) is 6.85. The minimum Gasteiger partial charge on any atom is -0.224 e. The monoisotopic (exact) mass is 398 g/mol. The van der Waals surface area contributed by atoms with Gasteiger partial charge in [-0.1, -0.05) is 43.9 Å². The van der Waals surface area contributed by atoms with Crippen LogP contribution in [0, 0.1) is 0 Å². The smallest absolute Gasteiger partial charge is 0.188 e. The van der Waals surface area contributed by atoms with Gasteiger partial charge in [-0.25, -0.2) is 16.8 Å². The Kier molecular flexibility index (Phi) is 5.52. The van der Waals surface area contributed by atoms with Crippen molar-refractivity contribution in [2.75, 3.05) is 5.75 Å². The van der Waals surface area contributed by atoms with E-state index >= 15 is 0 Å². The molecule has 0 saturated carbocycles. The Labute approximate surface area is 152 Å². The number of hydrogen-bond acceptors (Lipinski definition) is 4. The lowest BCUT2D eigenvalue weighted by Gasteiger charge is -2.36. The Morgan fingerprint density at radius 1 is 1.20 bits per heavy atom. The molecule has 138 valence electrons. The molecule has 0 amide bonds. The molecule has 1 unspecified atom stereocenters. The average Bonchev–Trinajstić information content (AvgIpc) is 2.81. The minimum absolute atomic E-state index is 0.190. The molecular formula is C18H26O4S2Si. The third-order valence-electron chi connectivity index (χ3n) is 4.59. The maximum Gasteiger partial charge on any atom is 0.188 e. The Bertz CT molecular complexity index is 879. The Balaban J connectivity index is 2.72. The molecule has 1 heterocycles. The molecule has 0 radical (unpaired) electrons. The highest BCUT2D eigenvalue weighted by Crippen LogP contribution is 2.46. The van der Waals surface area contributed by atoms with Crippen molar-refractivity contribution in [3.05, 3.63) is 53.6 Å². The van der Waals surface area contributed by atoms with Crippen LogP contribution in [0.5, 0.6) is 0 Å². The summed E-state index contributed by atoms with van der Waals surface area (Å²) in [6.45, 7) is 9.70. The third kappa shape index (κ3) is 3.83. The number of allylic oxidation sites excluding steroid dienone is 1. The summed E-state index contributed by atoms with van der Waals surface area (Å²) in [6.07, 6.45) is 3.29. The van der Waals surface area contributed by atoms with Gasteiger partial charge in [0.25, 0.3) is 0 Å². The zero-order valence-corrected chi connectivity index (χ0v) is 17.7. The van der Waals surface area contributed by atoms with Gasteiger partial charge in [-0.2, -0.15) is 0 Å². The Morgan fingerprint density at radius 3 is 2.32 bits per heavy atom. The van der Waals surface area contributed by atoms with E-state index in [1.807, 2.05) is 19.6 Å². The fourth-order valence-corrected chi connectivity index (χ4v) is 13.0. The highest BCUT2D eigenvalue weighted by molar-refractivity contribution is 7.98. The van der Waals surface area contributed by atoms with Gasteiger partial charge in [0.05, 0.1) is 18.7 Å². The normalized spacial score (nSPS) is 23.2. The first-order chi connectivity index (χ1) is 11.5. The first kappa shape index (κ1) is 20.1.